The Morgan fingerprint density at radius 2 is 2.11 bits per heavy atom. The lowest BCUT2D eigenvalue weighted by molar-refractivity contribution is 0.0404. The molecule has 4 nitrogen and oxygen atoms in total. The standard InChI is InChI=1S/C13H18BrNO3/c1-17-10-4-3-9(12(18-2)11(10)14)13(16)6-5-8(15)7-13/h3-4,8,16H,5-7,15H2,1-2H3. The Bertz CT molecular complexity index is 452. The zero-order chi connectivity index (χ0) is 13.3. The normalized spacial score (nSPS) is 27.3. The van der Waals surface area contributed by atoms with E-state index < -0.39 is 5.60 Å². The molecule has 0 saturated heterocycles. The molecule has 2 atom stereocenters. The molecule has 2 unspecified atom stereocenters. The SMILES string of the molecule is COc1ccc(C2(O)CCC(N)C2)c(OC)c1Br. The molecule has 0 aliphatic heterocycles. The van der Waals surface area contributed by atoms with Crippen LogP contribution >= 0.6 is 15.9 Å². The molecule has 0 amide bonds. The van der Waals surface area contributed by atoms with E-state index >= 15 is 0 Å². The molecule has 0 aromatic heterocycles. The number of rotatable bonds is 3. The molecular weight excluding hydrogens is 298 g/mol. The smallest absolute Gasteiger partial charge is 0.142 e. The molecule has 0 spiro atoms. The molecule has 1 aliphatic carbocycles. The van der Waals surface area contributed by atoms with Crippen molar-refractivity contribution in [1.82, 2.24) is 0 Å². The Morgan fingerprint density at radius 1 is 1.39 bits per heavy atom. The lowest BCUT2D eigenvalue weighted by Gasteiger charge is -2.26. The molecular formula is C13H18BrNO3. The van der Waals surface area contributed by atoms with Crippen molar-refractivity contribution < 1.29 is 14.6 Å². The maximum absolute atomic E-state index is 10.7. The summed E-state index contributed by atoms with van der Waals surface area (Å²) in [5.41, 5.74) is 5.76. The predicted octanol–water partition coefficient (Wildman–Crippen LogP) is 2.17. The second-order valence-electron chi connectivity index (χ2n) is 4.70. The van der Waals surface area contributed by atoms with Crippen LogP contribution < -0.4 is 15.2 Å². The Hall–Kier alpha value is -0.780. The fraction of sp³-hybridized carbons (Fsp3) is 0.538. The molecule has 1 aromatic carbocycles. The van der Waals surface area contributed by atoms with Crippen LogP contribution in [0.25, 0.3) is 0 Å². The second kappa shape index (κ2) is 5.07. The zero-order valence-corrected chi connectivity index (χ0v) is 12.2. The second-order valence-corrected chi connectivity index (χ2v) is 5.49. The van der Waals surface area contributed by atoms with Crippen molar-refractivity contribution in [1.29, 1.82) is 0 Å². The molecule has 0 heterocycles. The summed E-state index contributed by atoms with van der Waals surface area (Å²) in [7, 11) is 3.18. The topological polar surface area (TPSA) is 64.7 Å². The number of hydrogen-bond acceptors (Lipinski definition) is 4. The molecule has 100 valence electrons. The number of nitrogens with two attached hydrogens (primary N) is 1. The van der Waals surface area contributed by atoms with E-state index in [2.05, 4.69) is 15.9 Å². The maximum atomic E-state index is 10.7. The van der Waals surface area contributed by atoms with Crippen LogP contribution in [0, 0.1) is 0 Å². The highest BCUT2D eigenvalue weighted by atomic mass is 79.9. The summed E-state index contributed by atoms with van der Waals surface area (Å²) in [5.74, 6) is 1.30. The van der Waals surface area contributed by atoms with Gasteiger partial charge in [-0.15, -0.1) is 0 Å². The van der Waals surface area contributed by atoms with Gasteiger partial charge in [-0.2, -0.15) is 0 Å². The Balaban J connectivity index is 2.48. The molecule has 5 heteroatoms. The van der Waals surface area contributed by atoms with Crippen LogP contribution in [0.5, 0.6) is 11.5 Å². The number of ether oxygens (including phenoxy) is 2. The van der Waals surface area contributed by atoms with Gasteiger partial charge in [0.1, 0.15) is 16.0 Å². The first kappa shape index (κ1) is 13.6. The summed E-state index contributed by atoms with van der Waals surface area (Å²) in [6.07, 6.45) is 2.04. The fourth-order valence-corrected chi connectivity index (χ4v) is 3.24. The van der Waals surface area contributed by atoms with Gasteiger partial charge in [-0.05, 0) is 47.3 Å². The summed E-state index contributed by atoms with van der Waals surface area (Å²) in [6, 6.07) is 3.71. The van der Waals surface area contributed by atoms with Crippen molar-refractivity contribution in [3.63, 3.8) is 0 Å². The number of hydrogen-bond donors (Lipinski definition) is 2. The summed E-state index contributed by atoms with van der Waals surface area (Å²) in [6.45, 7) is 0. The van der Waals surface area contributed by atoms with Crippen molar-refractivity contribution in [2.45, 2.75) is 30.9 Å². The van der Waals surface area contributed by atoms with Gasteiger partial charge in [-0.1, -0.05) is 0 Å². The highest BCUT2D eigenvalue weighted by Gasteiger charge is 2.40. The van der Waals surface area contributed by atoms with Crippen molar-refractivity contribution in [3.05, 3.63) is 22.2 Å². The van der Waals surface area contributed by atoms with Gasteiger partial charge in [0.05, 0.1) is 19.8 Å². The summed E-state index contributed by atoms with van der Waals surface area (Å²) in [4.78, 5) is 0. The molecule has 3 N–H and O–H groups in total. The van der Waals surface area contributed by atoms with Gasteiger partial charge in [0.25, 0.3) is 0 Å². The van der Waals surface area contributed by atoms with Gasteiger partial charge >= 0.3 is 0 Å². The Morgan fingerprint density at radius 3 is 2.61 bits per heavy atom. The molecule has 0 bridgehead atoms. The van der Waals surface area contributed by atoms with Crippen molar-refractivity contribution in [3.8, 4) is 11.5 Å². The summed E-state index contributed by atoms with van der Waals surface area (Å²) in [5, 5.41) is 10.7. The third-order valence-corrected chi connectivity index (χ3v) is 4.27. The average molecular weight is 316 g/mol. The molecule has 1 aromatic rings. The van der Waals surface area contributed by atoms with Crippen molar-refractivity contribution >= 4 is 15.9 Å². The minimum Gasteiger partial charge on any atom is -0.495 e. The van der Waals surface area contributed by atoms with E-state index in [9.17, 15) is 5.11 Å². The van der Waals surface area contributed by atoms with E-state index in [0.717, 1.165) is 16.5 Å². The molecule has 2 rings (SSSR count). The van der Waals surface area contributed by atoms with Crippen LogP contribution in [0.2, 0.25) is 0 Å². The van der Waals surface area contributed by atoms with Crippen LogP contribution in [-0.4, -0.2) is 25.4 Å². The fourth-order valence-electron chi connectivity index (χ4n) is 2.57. The molecule has 18 heavy (non-hydrogen) atoms. The van der Waals surface area contributed by atoms with Gasteiger partial charge < -0.3 is 20.3 Å². The van der Waals surface area contributed by atoms with E-state index in [4.69, 9.17) is 15.2 Å². The van der Waals surface area contributed by atoms with Crippen molar-refractivity contribution in [2.75, 3.05) is 14.2 Å². The van der Waals surface area contributed by atoms with E-state index in [1.807, 2.05) is 12.1 Å². The van der Waals surface area contributed by atoms with E-state index in [-0.39, 0.29) is 6.04 Å². The Kier molecular flexibility index (Phi) is 3.84. The van der Waals surface area contributed by atoms with Gasteiger partial charge in [-0.3, -0.25) is 0 Å². The predicted molar refractivity (Wildman–Crippen MR) is 73.0 cm³/mol. The molecule has 1 aliphatic rings. The minimum atomic E-state index is -0.903. The first-order chi connectivity index (χ1) is 8.51. The van der Waals surface area contributed by atoms with Crippen LogP contribution in [0.4, 0.5) is 0 Å². The molecule has 0 radical (unpaired) electrons. The highest BCUT2D eigenvalue weighted by molar-refractivity contribution is 9.10. The van der Waals surface area contributed by atoms with E-state index in [1.165, 1.54) is 0 Å². The van der Waals surface area contributed by atoms with Crippen molar-refractivity contribution in [2.24, 2.45) is 5.73 Å². The number of benzene rings is 1. The first-order valence-corrected chi connectivity index (χ1v) is 6.70. The number of aliphatic hydroxyl groups is 1. The van der Waals surface area contributed by atoms with E-state index in [0.29, 0.717) is 24.3 Å². The van der Waals surface area contributed by atoms with Crippen LogP contribution in [0.15, 0.2) is 16.6 Å². The summed E-state index contributed by atoms with van der Waals surface area (Å²) < 4.78 is 11.4. The Labute approximate surface area is 115 Å². The number of halogens is 1. The van der Waals surface area contributed by atoms with Gasteiger partial charge in [0.15, 0.2) is 0 Å². The van der Waals surface area contributed by atoms with E-state index in [1.54, 1.807) is 14.2 Å². The van der Waals surface area contributed by atoms with Gasteiger partial charge in [-0.25, -0.2) is 0 Å². The quantitative estimate of drug-likeness (QED) is 0.897. The third-order valence-electron chi connectivity index (χ3n) is 3.52. The summed E-state index contributed by atoms with van der Waals surface area (Å²) >= 11 is 3.45. The van der Waals surface area contributed by atoms with Crippen LogP contribution in [0.3, 0.4) is 0 Å². The first-order valence-electron chi connectivity index (χ1n) is 5.90. The highest BCUT2D eigenvalue weighted by Crippen LogP contribution is 2.47. The molecule has 1 saturated carbocycles. The molecule has 1 fully saturated rings. The zero-order valence-electron chi connectivity index (χ0n) is 10.6. The minimum absolute atomic E-state index is 0.0422. The third kappa shape index (κ3) is 2.22. The van der Waals surface area contributed by atoms with Crippen LogP contribution in [0.1, 0.15) is 24.8 Å². The lowest BCUT2D eigenvalue weighted by Crippen LogP contribution is -2.26. The largest absolute Gasteiger partial charge is 0.495 e. The number of methoxy groups -OCH3 is 2. The maximum Gasteiger partial charge on any atom is 0.142 e. The van der Waals surface area contributed by atoms with Crippen LogP contribution in [-0.2, 0) is 5.60 Å². The van der Waals surface area contributed by atoms with Gasteiger partial charge in [0, 0.05) is 11.6 Å². The average Bonchev–Trinajstić information content (AvgIpc) is 2.70. The van der Waals surface area contributed by atoms with Gasteiger partial charge in [0.2, 0.25) is 0 Å². The lowest BCUT2D eigenvalue weighted by atomic mass is 9.91. The monoisotopic (exact) mass is 315 g/mol.